The van der Waals surface area contributed by atoms with E-state index in [4.69, 9.17) is 0 Å². The zero-order valence-electron chi connectivity index (χ0n) is 16.3. The molecule has 6 heteroatoms. The Morgan fingerprint density at radius 2 is 1.63 bits per heavy atom. The summed E-state index contributed by atoms with van der Waals surface area (Å²) in [6.45, 7) is 5.87. The van der Waals surface area contributed by atoms with E-state index in [1.54, 1.807) is 12.1 Å². The Bertz CT molecular complexity index is 847. The summed E-state index contributed by atoms with van der Waals surface area (Å²) >= 11 is 0. The second-order valence-electron chi connectivity index (χ2n) is 7.27. The van der Waals surface area contributed by atoms with Gasteiger partial charge in [-0.25, -0.2) is 8.42 Å². The summed E-state index contributed by atoms with van der Waals surface area (Å²) in [5.41, 5.74) is 2.52. The van der Waals surface area contributed by atoms with E-state index >= 15 is 0 Å². The van der Waals surface area contributed by atoms with Gasteiger partial charge in [0, 0.05) is 0 Å². The van der Waals surface area contributed by atoms with Crippen molar-refractivity contribution >= 4 is 21.6 Å². The minimum absolute atomic E-state index is 0.155. The van der Waals surface area contributed by atoms with Gasteiger partial charge < -0.3 is 5.32 Å². The van der Waals surface area contributed by atoms with Gasteiger partial charge in [0.05, 0.1) is 18.0 Å². The van der Waals surface area contributed by atoms with Crippen LogP contribution in [0.4, 0.5) is 5.69 Å². The lowest BCUT2D eigenvalue weighted by molar-refractivity contribution is -0.120. The van der Waals surface area contributed by atoms with Crippen LogP contribution in [0, 0.1) is 12.8 Å². The number of hydrogen-bond donors (Lipinski definition) is 1. The van der Waals surface area contributed by atoms with Crippen LogP contribution >= 0.6 is 0 Å². The number of sulfonamides is 1. The van der Waals surface area contributed by atoms with Gasteiger partial charge in [-0.05, 0) is 37.0 Å². The van der Waals surface area contributed by atoms with Crippen LogP contribution in [0.25, 0.3) is 0 Å². The quantitative estimate of drug-likeness (QED) is 0.750. The number of carbonyl (C=O) groups is 1. The molecule has 146 valence electrons. The zero-order valence-corrected chi connectivity index (χ0v) is 17.2. The van der Waals surface area contributed by atoms with Crippen molar-refractivity contribution in [2.24, 2.45) is 5.92 Å². The van der Waals surface area contributed by atoms with E-state index < -0.39 is 10.0 Å². The standard InChI is InChI=1S/C21H28N2O3S/c1-16(2)14-20(18-8-6-5-7-9-18)22-21(24)15-23(27(4,25)26)19-12-10-17(3)11-13-19/h5-13,16,20H,14-15H2,1-4H3,(H,22,24)/t20-/m1/s1. The monoisotopic (exact) mass is 388 g/mol. The molecule has 0 unspecified atom stereocenters. The number of anilines is 1. The van der Waals surface area contributed by atoms with Gasteiger partial charge in [0.2, 0.25) is 15.9 Å². The van der Waals surface area contributed by atoms with Crippen molar-refractivity contribution in [3.8, 4) is 0 Å². The molecule has 0 heterocycles. The molecule has 0 aromatic heterocycles. The highest BCUT2D eigenvalue weighted by Crippen LogP contribution is 2.22. The molecular weight excluding hydrogens is 360 g/mol. The number of rotatable bonds is 8. The van der Waals surface area contributed by atoms with Crippen LogP contribution in [0.2, 0.25) is 0 Å². The van der Waals surface area contributed by atoms with E-state index in [0.717, 1.165) is 28.1 Å². The fourth-order valence-electron chi connectivity index (χ4n) is 2.92. The lowest BCUT2D eigenvalue weighted by atomic mass is 9.97. The van der Waals surface area contributed by atoms with E-state index in [2.05, 4.69) is 19.2 Å². The van der Waals surface area contributed by atoms with Crippen LogP contribution in [0.1, 0.15) is 37.4 Å². The number of benzene rings is 2. The molecule has 2 aromatic carbocycles. The molecule has 0 spiro atoms. The fraction of sp³-hybridized carbons (Fsp3) is 0.381. The maximum Gasteiger partial charge on any atom is 0.241 e. The Labute approximate surface area is 162 Å². The molecule has 2 rings (SSSR count). The smallest absolute Gasteiger partial charge is 0.241 e. The lowest BCUT2D eigenvalue weighted by Gasteiger charge is -2.25. The zero-order chi connectivity index (χ0) is 20.0. The van der Waals surface area contributed by atoms with Gasteiger partial charge in [0.25, 0.3) is 0 Å². The van der Waals surface area contributed by atoms with Gasteiger partial charge in [-0.3, -0.25) is 9.10 Å². The number of aryl methyl sites for hydroxylation is 1. The summed E-state index contributed by atoms with van der Waals surface area (Å²) in [5.74, 6) is 0.0640. The molecule has 27 heavy (non-hydrogen) atoms. The summed E-state index contributed by atoms with van der Waals surface area (Å²) in [7, 11) is -3.58. The van der Waals surface area contributed by atoms with Gasteiger partial charge in [-0.15, -0.1) is 0 Å². The molecule has 2 aromatic rings. The van der Waals surface area contributed by atoms with E-state index in [1.807, 2.05) is 49.4 Å². The average Bonchev–Trinajstić information content (AvgIpc) is 2.59. The largest absolute Gasteiger partial charge is 0.348 e. The van der Waals surface area contributed by atoms with Crippen molar-refractivity contribution in [2.45, 2.75) is 33.2 Å². The van der Waals surface area contributed by atoms with E-state index in [9.17, 15) is 13.2 Å². The number of hydrogen-bond acceptors (Lipinski definition) is 3. The molecule has 0 aliphatic carbocycles. The summed E-state index contributed by atoms with van der Waals surface area (Å²) in [5, 5.41) is 3.00. The molecule has 0 saturated heterocycles. The Morgan fingerprint density at radius 3 is 2.15 bits per heavy atom. The van der Waals surface area contributed by atoms with Crippen molar-refractivity contribution in [1.82, 2.24) is 5.32 Å². The highest BCUT2D eigenvalue weighted by Gasteiger charge is 2.23. The summed E-state index contributed by atoms with van der Waals surface area (Å²) in [4.78, 5) is 12.7. The molecule has 5 nitrogen and oxygen atoms in total. The van der Waals surface area contributed by atoms with Gasteiger partial charge in [0.1, 0.15) is 6.54 Å². The Balaban J connectivity index is 2.19. The van der Waals surface area contributed by atoms with Crippen LogP contribution in [0.5, 0.6) is 0 Å². The van der Waals surface area contributed by atoms with Crippen LogP contribution in [0.3, 0.4) is 0 Å². The normalized spacial score (nSPS) is 12.6. The molecule has 1 atom stereocenters. The Kier molecular flexibility index (Phi) is 7.02. The summed E-state index contributed by atoms with van der Waals surface area (Å²) < 4.78 is 25.6. The van der Waals surface area contributed by atoms with Crippen molar-refractivity contribution < 1.29 is 13.2 Å². The maximum atomic E-state index is 12.7. The molecule has 0 aliphatic rings. The number of amides is 1. The topological polar surface area (TPSA) is 66.5 Å². The second kappa shape index (κ2) is 9.04. The first-order valence-corrected chi connectivity index (χ1v) is 10.9. The molecule has 1 N–H and O–H groups in total. The van der Waals surface area contributed by atoms with Crippen molar-refractivity contribution in [3.63, 3.8) is 0 Å². The van der Waals surface area contributed by atoms with Crippen molar-refractivity contribution in [3.05, 3.63) is 65.7 Å². The lowest BCUT2D eigenvalue weighted by Crippen LogP contribution is -2.41. The van der Waals surface area contributed by atoms with Crippen LogP contribution in [-0.2, 0) is 14.8 Å². The Hall–Kier alpha value is -2.34. The first-order valence-electron chi connectivity index (χ1n) is 9.05. The number of nitrogens with zero attached hydrogens (tertiary/aromatic N) is 1. The predicted octanol–water partition coefficient (Wildman–Crippen LogP) is 3.66. The summed E-state index contributed by atoms with van der Waals surface area (Å²) in [6, 6.07) is 16.7. The maximum absolute atomic E-state index is 12.7. The minimum atomic E-state index is -3.58. The predicted molar refractivity (Wildman–Crippen MR) is 110 cm³/mol. The number of carbonyl (C=O) groups excluding carboxylic acids is 1. The molecule has 0 bridgehead atoms. The highest BCUT2D eigenvalue weighted by atomic mass is 32.2. The molecule has 0 radical (unpaired) electrons. The Morgan fingerprint density at radius 1 is 1.04 bits per heavy atom. The fourth-order valence-corrected chi connectivity index (χ4v) is 3.77. The van der Waals surface area contributed by atoms with E-state index in [-0.39, 0.29) is 18.5 Å². The summed E-state index contributed by atoms with van der Waals surface area (Å²) in [6.07, 6.45) is 1.89. The molecular formula is C21H28N2O3S. The molecule has 0 aliphatic heterocycles. The van der Waals surface area contributed by atoms with Gasteiger partial charge in [-0.2, -0.15) is 0 Å². The molecule has 0 fully saturated rings. The third-order valence-corrected chi connectivity index (χ3v) is 5.39. The average molecular weight is 389 g/mol. The first kappa shape index (κ1) is 21.0. The van der Waals surface area contributed by atoms with E-state index in [1.165, 1.54) is 0 Å². The first-order chi connectivity index (χ1) is 12.7. The van der Waals surface area contributed by atoms with Crippen LogP contribution in [-0.4, -0.2) is 27.1 Å². The van der Waals surface area contributed by atoms with E-state index in [0.29, 0.717) is 11.6 Å². The molecule has 1 amide bonds. The molecule has 0 saturated carbocycles. The number of nitrogens with one attached hydrogen (secondary N) is 1. The van der Waals surface area contributed by atoms with Crippen molar-refractivity contribution in [1.29, 1.82) is 0 Å². The van der Waals surface area contributed by atoms with Crippen molar-refractivity contribution in [2.75, 3.05) is 17.1 Å². The van der Waals surface area contributed by atoms with Gasteiger partial charge >= 0.3 is 0 Å². The highest BCUT2D eigenvalue weighted by molar-refractivity contribution is 7.92. The minimum Gasteiger partial charge on any atom is -0.348 e. The van der Waals surface area contributed by atoms with Crippen LogP contribution < -0.4 is 9.62 Å². The third kappa shape index (κ3) is 6.40. The SMILES string of the molecule is Cc1ccc(N(CC(=O)N[C@H](CC(C)C)c2ccccc2)S(C)(=O)=O)cc1. The second-order valence-corrected chi connectivity index (χ2v) is 9.17. The van der Waals surface area contributed by atoms with Gasteiger partial charge in [-0.1, -0.05) is 61.9 Å². The van der Waals surface area contributed by atoms with Crippen LogP contribution in [0.15, 0.2) is 54.6 Å². The third-order valence-electron chi connectivity index (χ3n) is 4.25. The van der Waals surface area contributed by atoms with Gasteiger partial charge in [0.15, 0.2) is 0 Å².